The van der Waals surface area contributed by atoms with Crippen molar-refractivity contribution in [3.63, 3.8) is 0 Å². The number of nitrogens with zero attached hydrogens (tertiary/aromatic N) is 4. The molecule has 208 valence electrons. The molecule has 1 atom stereocenters. The average molecular weight is 564 g/mol. The van der Waals surface area contributed by atoms with Gasteiger partial charge in [0.2, 0.25) is 11.6 Å². The number of anilines is 1. The molecule has 1 N–H and O–H groups in total. The van der Waals surface area contributed by atoms with Crippen LogP contribution in [0.1, 0.15) is 26.3 Å². The minimum atomic E-state index is -4.11. The van der Waals surface area contributed by atoms with Crippen LogP contribution in [0.25, 0.3) is 11.6 Å². The van der Waals surface area contributed by atoms with Crippen LogP contribution in [0.4, 0.5) is 5.82 Å². The Balaban J connectivity index is 1.61. The van der Waals surface area contributed by atoms with E-state index in [-0.39, 0.29) is 52.1 Å². The number of methoxy groups -OCH3 is 1. The molecule has 0 bridgehead atoms. The molecule has 0 spiro atoms. The molecule has 1 unspecified atom stereocenters. The van der Waals surface area contributed by atoms with Gasteiger partial charge in [-0.25, -0.2) is 23.4 Å². The van der Waals surface area contributed by atoms with Crippen molar-refractivity contribution in [2.45, 2.75) is 37.2 Å². The minimum Gasteiger partial charge on any atom is -0.493 e. The largest absolute Gasteiger partial charge is 0.493 e. The Morgan fingerprint density at radius 3 is 2.25 bits per heavy atom. The third kappa shape index (κ3) is 6.29. The summed E-state index contributed by atoms with van der Waals surface area (Å²) in [6, 6.07) is 15.2. The summed E-state index contributed by atoms with van der Waals surface area (Å²) < 4.78 is 52.5. The fraction of sp³-hybridized carbons (Fsp3) is 0.286. The lowest BCUT2D eigenvalue weighted by Crippen LogP contribution is -2.17. The van der Waals surface area contributed by atoms with Crippen molar-refractivity contribution in [1.82, 2.24) is 19.9 Å². The molecule has 40 heavy (non-hydrogen) atoms. The topological polar surface area (TPSA) is 138 Å². The highest BCUT2D eigenvalue weighted by Crippen LogP contribution is 2.41. The number of aromatic nitrogens is 4. The van der Waals surface area contributed by atoms with Gasteiger partial charge in [0.15, 0.2) is 23.1 Å². The van der Waals surface area contributed by atoms with E-state index in [1.54, 1.807) is 54.6 Å². The van der Waals surface area contributed by atoms with Gasteiger partial charge in [0.25, 0.3) is 15.9 Å². The highest BCUT2D eigenvalue weighted by atomic mass is 32.2. The molecule has 0 aliphatic carbocycles. The Bertz CT molecular complexity index is 1590. The van der Waals surface area contributed by atoms with Gasteiger partial charge in [-0.3, -0.25) is 4.72 Å². The number of rotatable bonds is 10. The average Bonchev–Trinajstić information content (AvgIpc) is 3.78. The van der Waals surface area contributed by atoms with Gasteiger partial charge in [-0.15, -0.1) is 0 Å². The van der Waals surface area contributed by atoms with Crippen LogP contribution in [-0.2, 0) is 20.2 Å². The molecule has 1 aliphatic rings. The lowest BCUT2D eigenvalue weighted by Gasteiger charge is -2.20. The van der Waals surface area contributed by atoms with Gasteiger partial charge in [0.05, 0.1) is 18.6 Å². The molecule has 2 aromatic carbocycles. The van der Waals surface area contributed by atoms with E-state index in [4.69, 9.17) is 18.9 Å². The fourth-order valence-electron chi connectivity index (χ4n) is 3.67. The van der Waals surface area contributed by atoms with E-state index in [1.807, 2.05) is 0 Å². The highest BCUT2D eigenvalue weighted by molar-refractivity contribution is 7.92. The number of benzene rings is 2. The van der Waals surface area contributed by atoms with E-state index < -0.39 is 10.0 Å². The van der Waals surface area contributed by atoms with Crippen LogP contribution in [0.2, 0.25) is 0 Å². The lowest BCUT2D eigenvalue weighted by atomic mass is 9.87. The van der Waals surface area contributed by atoms with Crippen molar-refractivity contribution >= 4 is 15.8 Å². The zero-order chi connectivity index (χ0) is 28.3. The lowest BCUT2D eigenvalue weighted by molar-refractivity contribution is 0.246. The second kappa shape index (κ2) is 11.1. The molecule has 0 amide bonds. The normalized spacial score (nSPS) is 14.8. The molecule has 1 saturated heterocycles. The number of sulfonamides is 1. The molecular formula is C28H29N5O6S. The number of para-hydroxylation sites is 2. The van der Waals surface area contributed by atoms with Gasteiger partial charge in [-0.2, -0.15) is 4.98 Å². The zero-order valence-corrected chi connectivity index (χ0v) is 23.3. The van der Waals surface area contributed by atoms with Gasteiger partial charge < -0.3 is 18.9 Å². The number of epoxide rings is 1. The van der Waals surface area contributed by atoms with Crippen LogP contribution in [0, 0.1) is 0 Å². The molecule has 3 heterocycles. The van der Waals surface area contributed by atoms with Crippen LogP contribution in [0.15, 0.2) is 71.9 Å². The van der Waals surface area contributed by atoms with Crippen molar-refractivity contribution in [1.29, 1.82) is 0 Å². The summed E-state index contributed by atoms with van der Waals surface area (Å²) in [7, 11) is -2.61. The van der Waals surface area contributed by atoms with E-state index in [0.29, 0.717) is 18.1 Å². The molecular weight excluding hydrogens is 534 g/mol. The predicted octanol–water partition coefficient (Wildman–Crippen LogP) is 4.61. The van der Waals surface area contributed by atoms with Crippen LogP contribution in [0.3, 0.4) is 0 Å². The molecule has 0 saturated carbocycles. The Hall–Kier alpha value is -4.29. The second-order valence-electron chi connectivity index (χ2n) is 10.0. The third-order valence-corrected chi connectivity index (χ3v) is 7.31. The Morgan fingerprint density at radius 1 is 0.950 bits per heavy atom. The highest BCUT2D eigenvalue weighted by Gasteiger charge is 2.29. The summed E-state index contributed by atoms with van der Waals surface area (Å²) in [6.45, 7) is 6.89. The number of ether oxygens (including phenoxy) is 4. The standard InChI is InChI=1S/C28H29N5O6S/c1-28(2,3)18-10-12-20(13-11-18)40(34,35)33-24-23(39-22-9-6-5-8-21(22)36-4)27(38-17-19-16-37-19)32-26(31-24)25-29-14-7-15-30-25/h5-15,19H,16-17H2,1-4H3,(H,31,32,33). The van der Waals surface area contributed by atoms with Crippen LogP contribution < -0.4 is 18.9 Å². The molecule has 2 aromatic heterocycles. The first-order chi connectivity index (χ1) is 19.1. The first-order valence-electron chi connectivity index (χ1n) is 12.5. The zero-order valence-electron chi connectivity index (χ0n) is 22.5. The molecule has 5 rings (SSSR count). The van der Waals surface area contributed by atoms with Crippen LogP contribution in [0.5, 0.6) is 23.1 Å². The second-order valence-corrected chi connectivity index (χ2v) is 11.7. The summed E-state index contributed by atoms with van der Waals surface area (Å²) in [5.41, 5.74) is 0.857. The molecule has 0 radical (unpaired) electrons. The van der Waals surface area contributed by atoms with Gasteiger partial charge in [0, 0.05) is 12.4 Å². The summed E-state index contributed by atoms with van der Waals surface area (Å²) in [5.74, 6) is 0.712. The SMILES string of the molecule is COc1ccccc1Oc1c(NS(=O)(=O)c2ccc(C(C)(C)C)cc2)nc(-c2ncccn2)nc1OCC1CO1. The molecule has 1 fully saturated rings. The molecule has 1 aliphatic heterocycles. The maximum atomic E-state index is 13.6. The maximum Gasteiger partial charge on any atom is 0.264 e. The Kier molecular flexibility index (Phi) is 7.55. The molecule has 12 heteroatoms. The molecule has 4 aromatic rings. The monoisotopic (exact) mass is 563 g/mol. The van der Waals surface area contributed by atoms with Crippen molar-refractivity contribution in [2.75, 3.05) is 25.0 Å². The van der Waals surface area contributed by atoms with Crippen molar-refractivity contribution < 1.29 is 27.4 Å². The Morgan fingerprint density at radius 2 is 1.62 bits per heavy atom. The van der Waals surface area contributed by atoms with Crippen molar-refractivity contribution in [3.05, 3.63) is 72.6 Å². The van der Waals surface area contributed by atoms with Gasteiger partial charge >= 0.3 is 0 Å². The van der Waals surface area contributed by atoms with Crippen molar-refractivity contribution in [3.8, 4) is 34.8 Å². The van der Waals surface area contributed by atoms with E-state index in [0.717, 1.165) is 5.56 Å². The first kappa shape index (κ1) is 27.3. The van der Waals surface area contributed by atoms with E-state index in [1.165, 1.54) is 19.5 Å². The summed E-state index contributed by atoms with van der Waals surface area (Å²) in [6.07, 6.45) is 2.96. The summed E-state index contributed by atoms with van der Waals surface area (Å²) in [4.78, 5) is 17.4. The van der Waals surface area contributed by atoms with Crippen molar-refractivity contribution in [2.24, 2.45) is 0 Å². The minimum absolute atomic E-state index is 0.0142. The number of nitrogens with one attached hydrogen (secondary N) is 1. The third-order valence-electron chi connectivity index (χ3n) is 5.95. The summed E-state index contributed by atoms with van der Waals surface area (Å²) in [5, 5.41) is 0. The van der Waals surface area contributed by atoms with Crippen LogP contribution in [-0.4, -0.2) is 54.8 Å². The van der Waals surface area contributed by atoms with Gasteiger partial charge in [0.1, 0.15) is 12.7 Å². The van der Waals surface area contributed by atoms with E-state index in [9.17, 15) is 8.42 Å². The maximum absolute atomic E-state index is 13.6. The first-order valence-corrected chi connectivity index (χ1v) is 14.0. The summed E-state index contributed by atoms with van der Waals surface area (Å²) >= 11 is 0. The fourth-order valence-corrected chi connectivity index (χ4v) is 4.68. The number of hydrogen-bond acceptors (Lipinski definition) is 10. The number of hydrogen-bond donors (Lipinski definition) is 1. The van der Waals surface area contributed by atoms with Crippen LogP contribution >= 0.6 is 0 Å². The van der Waals surface area contributed by atoms with E-state index >= 15 is 0 Å². The smallest absolute Gasteiger partial charge is 0.264 e. The predicted molar refractivity (Wildman–Crippen MR) is 147 cm³/mol. The Labute approximate surface area is 232 Å². The quantitative estimate of drug-likeness (QED) is 0.272. The van der Waals surface area contributed by atoms with Gasteiger partial charge in [-0.05, 0) is 41.3 Å². The van der Waals surface area contributed by atoms with Gasteiger partial charge in [-0.1, -0.05) is 45.0 Å². The van der Waals surface area contributed by atoms with E-state index in [2.05, 4.69) is 45.4 Å². The molecule has 11 nitrogen and oxygen atoms in total.